The molecular formula is C14H24N2O2. The Hall–Kier alpha value is -1.06. The lowest BCUT2D eigenvalue weighted by atomic mass is 9.86. The summed E-state index contributed by atoms with van der Waals surface area (Å²) in [6, 6.07) is 0.125. The van der Waals surface area contributed by atoms with Crippen LogP contribution in [-0.4, -0.2) is 24.4 Å². The van der Waals surface area contributed by atoms with Crippen LogP contribution in [0, 0.1) is 17.8 Å². The second kappa shape index (κ2) is 5.72. The van der Waals surface area contributed by atoms with Gasteiger partial charge in [0, 0.05) is 12.5 Å². The largest absolute Gasteiger partial charge is 0.352 e. The zero-order valence-corrected chi connectivity index (χ0v) is 11.4. The standard InChI is InChI=1S/C14H24N2O2/c1-9(2)16-14(18)8-15-13(17)7-12-6-10-3-4-11(12)5-10/h9-12H,3-8H2,1-2H3,(H,15,17)(H,16,18)/t10-,11+,12-/m0/s1. The Bertz CT molecular complexity index is 328. The van der Waals surface area contributed by atoms with E-state index in [1.165, 1.54) is 25.7 Å². The number of rotatable bonds is 5. The highest BCUT2D eigenvalue weighted by molar-refractivity contribution is 5.84. The lowest BCUT2D eigenvalue weighted by Gasteiger charge is -2.20. The molecule has 2 aliphatic carbocycles. The van der Waals surface area contributed by atoms with Gasteiger partial charge in [0.15, 0.2) is 0 Å². The summed E-state index contributed by atoms with van der Waals surface area (Å²) < 4.78 is 0. The van der Waals surface area contributed by atoms with E-state index >= 15 is 0 Å². The van der Waals surface area contributed by atoms with Crippen LogP contribution in [0.4, 0.5) is 0 Å². The first-order valence-electron chi connectivity index (χ1n) is 7.10. The Morgan fingerprint density at radius 1 is 1.17 bits per heavy atom. The molecule has 4 nitrogen and oxygen atoms in total. The fourth-order valence-corrected chi connectivity index (χ4v) is 3.49. The Morgan fingerprint density at radius 3 is 2.50 bits per heavy atom. The molecule has 0 aromatic heterocycles. The number of amides is 2. The van der Waals surface area contributed by atoms with Crippen molar-refractivity contribution in [1.29, 1.82) is 0 Å². The van der Waals surface area contributed by atoms with Gasteiger partial charge < -0.3 is 10.6 Å². The summed E-state index contributed by atoms with van der Waals surface area (Å²) in [7, 11) is 0. The summed E-state index contributed by atoms with van der Waals surface area (Å²) in [4.78, 5) is 23.2. The normalized spacial score (nSPS) is 29.6. The van der Waals surface area contributed by atoms with Gasteiger partial charge in [0.25, 0.3) is 0 Å². The lowest BCUT2D eigenvalue weighted by Crippen LogP contribution is -2.40. The van der Waals surface area contributed by atoms with Crippen molar-refractivity contribution in [3.8, 4) is 0 Å². The van der Waals surface area contributed by atoms with Crippen LogP contribution in [0.1, 0.15) is 46.0 Å². The predicted molar refractivity (Wildman–Crippen MR) is 69.8 cm³/mol. The number of hydrogen-bond donors (Lipinski definition) is 2. The molecule has 0 spiro atoms. The second-order valence-corrected chi connectivity index (χ2v) is 6.14. The molecule has 0 heterocycles. The minimum atomic E-state index is -0.105. The number of carbonyl (C=O) groups is 2. The van der Waals surface area contributed by atoms with Gasteiger partial charge in [-0.15, -0.1) is 0 Å². The van der Waals surface area contributed by atoms with Crippen molar-refractivity contribution < 1.29 is 9.59 Å². The monoisotopic (exact) mass is 252 g/mol. The zero-order valence-electron chi connectivity index (χ0n) is 11.4. The van der Waals surface area contributed by atoms with E-state index in [2.05, 4.69) is 10.6 Å². The molecule has 102 valence electrons. The number of carbonyl (C=O) groups excluding carboxylic acids is 2. The van der Waals surface area contributed by atoms with Crippen LogP contribution < -0.4 is 10.6 Å². The Labute approximate surface area is 109 Å². The van der Waals surface area contributed by atoms with Gasteiger partial charge in [-0.3, -0.25) is 9.59 Å². The second-order valence-electron chi connectivity index (χ2n) is 6.14. The van der Waals surface area contributed by atoms with E-state index in [4.69, 9.17) is 0 Å². The maximum Gasteiger partial charge on any atom is 0.239 e. The van der Waals surface area contributed by atoms with E-state index in [0.717, 1.165) is 11.8 Å². The minimum Gasteiger partial charge on any atom is -0.352 e. The zero-order chi connectivity index (χ0) is 13.1. The molecule has 2 aliphatic rings. The minimum absolute atomic E-state index is 0.0338. The average molecular weight is 252 g/mol. The van der Waals surface area contributed by atoms with Crippen LogP contribution in [0.5, 0.6) is 0 Å². The highest BCUT2D eigenvalue weighted by Gasteiger charge is 2.40. The molecule has 2 N–H and O–H groups in total. The highest BCUT2D eigenvalue weighted by Crippen LogP contribution is 2.49. The smallest absolute Gasteiger partial charge is 0.239 e. The summed E-state index contributed by atoms with van der Waals surface area (Å²) in [5.41, 5.74) is 0. The van der Waals surface area contributed by atoms with Gasteiger partial charge in [0.2, 0.25) is 11.8 Å². The quantitative estimate of drug-likeness (QED) is 0.778. The maximum absolute atomic E-state index is 11.8. The maximum atomic E-state index is 11.8. The van der Waals surface area contributed by atoms with E-state index in [1.54, 1.807) is 0 Å². The van der Waals surface area contributed by atoms with E-state index in [0.29, 0.717) is 12.3 Å². The van der Waals surface area contributed by atoms with Gasteiger partial charge in [-0.05, 0) is 50.9 Å². The van der Waals surface area contributed by atoms with Crippen LogP contribution >= 0.6 is 0 Å². The van der Waals surface area contributed by atoms with Crippen molar-refractivity contribution in [2.24, 2.45) is 17.8 Å². The summed E-state index contributed by atoms with van der Waals surface area (Å²) in [5.74, 6) is 2.14. The van der Waals surface area contributed by atoms with Crippen molar-refractivity contribution >= 4 is 11.8 Å². The van der Waals surface area contributed by atoms with Gasteiger partial charge in [-0.2, -0.15) is 0 Å². The van der Waals surface area contributed by atoms with Crippen molar-refractivity contribution in [2.45, 2.75) is 52.0 Å². The summed E-state index contributed by atoms with van der Waals surface area (Å²) in [6.07, 6.45) is 5.81. The number of hydrogen-bond acceptors (Lipinski definition) is 2. The van der Waals surface area contributed by atoms with Crippen LogP contribution in [-0.2, 0) is 9.59 Å². The van der Waals surface area contributed by atoms with Gasteiger partial charge in [-0.25, -0.2) is 0 Å². The first-order valence-corrected chi connectivity index (χ1v) is 7.10. The fourth-order valence-electron chi connectivity index (χ4n) is 3.49. The number of fused-ring (bicyclic) bond motifs is 2. The molecule has 0 aromatic rings. The molecule has 2 bridgehead atoms. The molecule has 2 rings (SSSR count). The van der Waals surface area contributed by atoms with Gasteiger partial charge in [-0.1, -0.05) is 6.42 Å². The van der Waals surface area contributed by atoms with Gasteiger partial charge in [0.1, 0.15) is 0 Å². The predicted octanol–water partition coefficient (Wildman–Crippen LogP) is 1.45. The molecule has 18 heavy (non-hydrogen) atoms. The van der Waals surface area contributed by atoms with Crippen molar-refractivity contribution in [1.82, 2.24) is 10.6 Å². The lowest BCUT2D eigenvalue weighted by molar-refractivity contribution is -0.127. The van der Waals surface area contributed by atoms with Crippen LogP contribution in [0.3, 0.4) is 0 Å². The molecular weight excluding hydrogens is 228 g/mol. The molecule has 4 heteroatoms. The van der Waals surface area contributed by atoms with Crippen molar-refractivity contribution in [3.63, 3.8) is 0 Å². The first-order chi connectivity index (χ1) is 8.54. The highest BCUT2D eigenvalue weighted by atomic mass is 16.2. The first kappa shape index (κ1) is 13.4. The SMILES string of the molecule is CC(C)NC(=O)CNC(=O)C[C@@H]1C[C@H]2CC[C@@H]1C2. The Kier molecular flexibility index (Phi) is 4.25. The number of nitrogens with one attached hydrogen (secondary N) is 2. The Morgan fingerprint density at radius 2 is 1.94 bits per heavy atom. The van der Waals surface area contributed by atoms with E-state index in [-0.39, 0.29) is 24.4 Å². The van der Waals surface area contributed by atoms with E-state index in [1.807, 2.05) is 13.8 Å². The van der Waals surface area contributed by atoms with E-state index in [9.17, 15) is 9.59 Å². The molecule has 2 saturated carbocycles. The summed E-state index contributed by atoms with van der Waals surface area (Å²) >= 11 is 0. The molecule has 0 aliphatic heterocycles. The van der Waals surface area contributed by atoms with Crippen molar-refractivity contribution in [3.05, 3.63) is 0 Å². The van der Waals surface area contributed by atoms with Gasteiger partial charge in [0.05, 0.1) is 6.54 Å². The molecule has 0 radical (unpaired) electrons. The van der Waals surface area contributed by atoms with Crippen LogP contribution in [0.25, 0.3) is 0 Å². The molecule has 0 aromatic carbocycles. The average Bonchev–Trinajstić information content (AvgIpc) is 2.87. The van der Waals surface area contributed by atoms with Crippen LogP contribution in [0.2, 0.25) is 0 Å². The topological polar surface area (TPSA) is 58.2 Å². The fraction of sp³-hybridized carbons (Fsp3) is 0.857. The third-order valence-corrected chi connectivity index (χ3v) is 4.23. The van der Waals surface area contributed by atoms with E-state index < -0.39 is 0 Å². The molecule has 0 saturated heterocycles. The van der Waals surface area contributed by atoms with Crippen LogP contribution in [0.15, 0.2) is 0 Å². The third-order valence-electron chi connectivity index (χ3n) is 4.23. The summed E-state index contributed by atoms with van der Waals surface area (Å²) in [6.45, 7) is 3.93. The van der Waals surface area contributed by atoms with Crippen molar-refractivity contribution in [2.75, 3.05) is 6.54 Å². The Balaban J connectivity index is 1.65. The molecule has 2 fully saturated rings. The molecule has 3 atom stereocenters. The molecule has 0 unspecified atom stereocenters. The van der Waals surface area contributed by atoms with Gasteiger partial charge >= 0.3 is 0 Å². The summed E-state index contributed by atoms with van der Waals surface area (Å²) in [5, 5.41) is 5.49. The molecule has 2 amide bonds. The third kappa shape index (κ3) is 3.47.